The van der Waals surface area contributed by atoms with Crippen LogP contribution in [0.4, 0.5) is 0 Å². The summed E-state index contributed by atoms with van der Waals surface area (Å²) >= 11 is 0. The summed E-state index contributed by atoms with van der Waals surface area (Å²) < 4.78 is 27.4. The average molecular weight is 299 g/mol. The van der Waals surface area contributed by atoms with Crippen LogP contribution in [0.15, 0.2) is 23.1 Å². The zero-order chi connectivity index (χ0) is 15.3. The molecule has 1 atom stereocenters. The zero-order valence-electron chi connectivity index (χ0n) is 12.9. The predicted molar refractivity (Wildman–Crippen MR) is 82.3 cm³/mol. The minimum Gasteiger partial charge on any atom is -0.316 e. The minimum atomic E-state index is -3.47. The van der Waals surface area contributed by atoms with Gasteiger partial charge in [-0.05, 0) is 58.3 Å². The van der Waals surface area contributed by atoms with Crippen LogP contribution in [-0.2, 0) is 16.6 Å². The molecule has 1 unspecified atom stereocenters. The van der Waals surface area contributed by atoms with E-state index in [0.29, 0.717) is 18.0 Å². The van der Waals surface area contributed by atoms with Crippen molar-refractivity contribution in [2.24, 2.45) is 0 Å². The van der Waals surface area contributed by atoms with E-state index in [0.717, 1.165) is 11.1 Å². The minimum absolute atomic E-state index is 0.135. The summed E-state index contributed by atoms with van der Waals surface area (Å²) in [7, 11) is 2.21. The lowest BCUT2D eigenvalue weighted by atomic mass is 10.1. The molecule has 5 nitrogen and oxygen atoms in total. The van der Waals surface area contributed by atoms with E-state index in [2.05, 4.69) is 10.0 Å². The summed E-state index contributed by atoms with van der Waals surface area (Å²) in [6.45, 7) is 5.16. The highest BCUT2D eigenvalue weighted by molar-refractivity contribution is 7.89. The molecule has 2 N–H and O–H groups in total. The highest BCUT2D eigenvalue weighted by atomic mass is 32.2. The van der Waals surface area contributed by atoms with Crippen LogP contribution in [0.5, 0.6) is 0 Å². The third-order valence-electron chi connectivity index (χ3n) is 2.99. The molecular weight excluding hydrogens is 274 g/mol. The first-order valence-electron chi connectivity index (χ1n) is 6.67. The van der Waals surface area contributed by atoms with Gasteiger partial charge in [-0.15, -0.1) is 0 Å². The second-order valence-corrected chi connectivity index (χ2v) is 7.12. The Morgan fingerprint density at radius 3 is 2.50 bits per heavy atom. The van der Waals surface area contributed by atoms with Gasteiger partial charge < -0.3 is 10.2 Å². The fourth-order valence-electron chi connectivity index (χ4n) is 2.11. The molecule has 0 radical (unpaired) electrons. The van der Waals surface area contributed by atoms with Crippen LogP contribution in [0.2, 0.25) is 0 Å². The molecule has 0 fully saturated rings. The molecule has 20 heavy (non-hydrogen) atoms. The van der Waals surface area contributed by atoms with Gasteiger partial charge in [0, 0.05) is 19.1 Å². The maximum absolute atomic E-state index is 12.3. The van der Waals surface area contributed by atoms with Gasteiger partial charge in [0.25, 0.3) is 0 Å². The van der Waals surface area contributed by atoms with Gasteiger partial charge in [-0.25, -0.2) is 13.1 Å². The highest BCUT2D eigenvalue weighted by Gasteiger charge is 2.18. The molecule has 0 saturated carbocycles. The molecule has 0 aliphatic carbocycles. The highest BCUT2D eigenvalue weighted by Crippen LogP contribution is 2.16. The summed E-state index contributed by atoms with van der Waals surface area (Å²) in [5.41, 5.74) is 2.08. The summed E-state index contributed by atoms with van der Waals surface area (Å²) in [6, 6.07) is 5.09. The van der Waals surface area contributed by atoms with Gasteiger partial charge in [-0.3, -0.25) is 0 Å². The van der Waals surface area contributed by atoms with Crippen LogP contribution >= 0.6 is 0 Å². The topological polar surface area (TPSA) is 61.4 Å². The molecule has 0 spiro atoms. The number of aryl methyl sites for hydroxylation is 1. The normalized spacial score (nSPS) is 13.7. The molecule has 0 amide bonds. The van der Waals surface area contributed by atoms with Crippen LogP contribution < -0.4 is 10.0 Å². The first kappa shape index (κ1) is 17.1. The van der Waals surface area contributed by atoms with Gasteiger partial charge in [0.05, 0.1) is 4.90 Å². The number of nitrogens with zero attached hydrogens (tertiary/aromatic N) is 1. The van der Waals surface area contributed by atoms with E-state index >= 15 is 0 Å². The monoisotopic (exact) mass is 299 g/mol. The number of hydrogen-bond acceptors (Lipinski definition) is 4. The van der Waals surface area contributed by atoms with E-state index < -0.39 is 10.0 Å². The van der Waals surface area contributed by atoms with Gasteiger partial charge in [0.15, 0.2) is 0 Å². The average Bonchev–Trinajstić information content (AvgIpc) is 2.30. The number of rotatable bonds is 7. The molecule has 114 valence electrons. The van der Waals surface area contributed by atoms with Crippen molar-refractivity contribution >= 4 is 10.0 Å². The molecular formula is C14H25N3O2S. The molecule has 0 saturated heterocycles. The van der Waals surface area contributed by atoms with Crippen LogP contribution in [0.3, 0.4) is 0 Å². The molecule has 0 bridgehead atoms. The number of sulfonamides is 1. The van der Waals surface area contributed by atoms with Crippen LogP contribution in [0.1, 0.15) is 18.1 Å². The number of likely N-dealkylation sites (N-methyl/N-ethyl adjacent to an activating group) is 1. The number of benzene rings is 1. The van der Waals surface area contributed by atoms with Crippen molar-refractivity contribution in [3.05, 3.63) is 29.3 Å². The Balaban J connectivity index is 2.95. The van der Waals surface area contributed by atoms with Gasteiger partial charge in [0.1, 0.15) is 0 Å². The van der Waals surface area contributed by atoms with E-state index in [4.69, 9.17) is 0 Å². The third-order valence-corrected chi connectivity index (χ3v) is 4.58. The van der Waals surface area contributed by atoms with Crippen molar-refractivity contribution in [1.82, 2.24) is 14.9 Å². The molecule has 0 aliphatic rings. The fourth-order valence-corrected chi connectivity index (χ4v) is 3.40. The lowest BCUT2D eigenvalue weighted by molar-refractivity contribution is 0.370. The van der Waals surface area contributed by atoms with Crippen LogP contribution in [-0.4, -0.2) is 47.0 Å². The number of nitrogens with one attached hydrogen (secondary N) is 2. The maximum Gasteiger partial charge on any atom is 0.240 e. The Morgan fingerprint density at radius 2 is 1.95 bits per heavy atom. The second-order valence-electron chi connectivity index (χ2n) is 5.40. The third kappa shape index (κ3) is 4.86. The second kappa shape index (κ2) is 7.17. The molecule has 1 aromatic carbocycles. The Bertz CT molecular complexity index is 541. The summed E-state index contributed by atoms with van der Waals surface area (Å²) in [4.78, 5) is 2.27. The van der Waals surface area contributed by atoms with E-state index in [-0.39, 0.29) is 6.04 Å². The van der Waals surface area contributed by atoms with Gasteiger partial charge in [0.2, 0.25) is 10.0 Å². The quantitative estimate of drug-likeness (QED) is 0.787. The number of hydrogen-bond donors (Lipinski definition) is 2. The van der Waals surface area contributed by atoms with Gasteiger partial charge >= 0.3 is 0 Å². The Hall–Kier alpha value is -0.950. The molecule has 0 heterocycles. The van der Waals surface area contributed by atoms with Crippen LogP contribution in [0.25, 0.3) is 0 Å². The first-order valence-corrected chi connectivity index (χ1v) is 8.15. The first-order chi connectivity index (χ1) is 9.26. The van der Waals surface area contributed by atoms with E-state index in [1.807, 2.05) is 46.0 Å². The molecule has 1 aromatic rings. The molecule has 6 heteroatoms. The zero-order valence-corrected chi connectivity index (χ0v) is 13.7. The predicted octanol–water partition coefficient (Wildman–Crippen LogP) is 0.943. The fraction of sp³-hybridized carbons (Fsp3) is 0.571. The Labute approximate surface area is 122 Å². The standard InChI is InChI=1S/C14H25N3O2S/c1-11-6-7-14(8-13(11)9-15-3)20(18,19)16-12(2)10-17(4)5/h6-8,12,15-16H,9-10H2,1-5H3. The largest absolute Gasteiger partial charge is 0.316 e. The van der Waals surface area contributed by atoms with Crippen molar-refractivity contribution in [2.45, 2.75) is 31.3 Å². The molecule has 0 aromatic heterocycles. The Kier molecular flexibility index (Phi) is 6.13. The smallest absolute Gasteiger partial charge is 0.240 e. The molecule has 0 aliphatic heterocycles. The van der Waals surface area contributed by atoms with Gasteiger partial charge in [-0.2, -0.15) is 0 Å². The molecule has 1 rings (SSSR count). The summed E-state index contributed by atoms with van der Waals surface area (Å²) in [6.07, 6.45) is 0. The van der Waals surface area contributed by atoms with E-state index in [9.17, 15) is 8.42 Å². The van der Waals surface area contributed by atoms with Crippen LogP contribution in [0, 0.1) is 6.92 Å². The van der Waals surface area contributed by atoms with Crippen molar-refractivity contribution in [3.63, 3.8) is 0 Å². The van der Waals surface area contributed by atoms with Crippen molar-refractivity contribution < 1.29 is 8.42 Å². The lowest BCUT2D eigenvalue weighted by Crippen LogP contribution is -2.39. The van der Waals surface area contributed by atoms with Gasteiger partial charge in [-0.1, -0.05) is 6.07 Å². The van der Waals surface area contributed by atoms with Crippen molar-refractivity contribution in [1.29, 1.82) is 0 Å². The maximum atomic E-state index is 12.3. The van der Waals surface area contributed by atoms with Crippen molar-refractivity contribution in [3.8, 4) is 0 Å². The van der Waals surface area contributed by atoms with E-state index in [1.165, 1.54) is 0 Å². The summed E-state index contributed by atoms with van der Waals surface area (Å²) in [5, 5.41) is 3.05. The Morgan fingerprint density at radius 1 is 1.30 bits per heavy atom. The summed E-state index contributed by atoms with van der Waals surface area (Å²) in [5.74, 6) is 0. The lowest BCUT2D eigenvalue weighted by Gasteiger charge is -2.18. The SMILES string of the molecule is CNCc1cc(S(=O)(=O)NC(C)CN(C)C)ccc1C. The van der Waals surface area contributed by atoms with Crippen molar-refractivity contribution in [2.75, 3.05) is 27.7 Å². The van der Waals surface area contributed by atoms with E-state index in [1.54, 1.807) is 12.1 Å².